The molecule has 0 amide bonds. The third kappa shape index (κ3) is 1.23. The molecule has 1 rings (SSSR count). The fourth-order valence-corrected chi connectivity index (χ4v) is 0.755. The molecule has 0 saturated carbocycles. The van der Waals surface area contributed by atoms with Gasteiger partial charge in [0.2, 0.25) is 0 Å². The molecule has 0 atom stereocenters. The predicted molar refractivity (Wildman–Crippen MR) is 38.9 cm³/mol. The van der Waals surface area contributed by atoms with Crippen LogP contribution in [-0.2, 0) is 6.54 Å². The Morgan fingerprint density at radius 3 is 2.90 bits per heavy atom. The van der Waals surface area contributed by atoms with Crippen molar-refractivity contribution in [3.8, 4) is 0 Å². The average Bonchev–Trinajstić information content (AvgIpc) is 1.88. The van der Waals surface area contributed by atoms with E-state index in [2.05, 4.69) is 4.98 Å². The van der Waals surface area contributed by atoms with E-state index >= 15 is 0 Å². The molecule has 3 nitrogen and oxygen atoms in total. The molecule has 0 bridgehead atoms. The molecular formula is C7H10N2O. The molecule has 0 radical (unpaired) electrons. The van der Waals surface area contributed by atoms with Gasteiger partial charge in [0, 0.05) is 18.4 Å². The molecular weight excluding hydrogens is 128 g/mol. The van der Waals surface area contributed by atoms with Crippen molar-refractivity contribution in [1.82, 2.24) is 9.55 Å². The zero-order valence-electron chi connectivity index (χ0n) is 6.16. The molecule has 0 aliphatic carbocycles. The van der Waals surface area contributed by atoms with Gasteiger partial charge < -0.3 is 0 Å². The highest BCUT2D eigenvalue weighted by Crippen LogP contribution is 1.84. The van der Waals surface area contributed by atoms with E-state index in [4.69, 9.17) is 0 Å². The molecule has 3 heteroatoms. The molecule has 0 saturated heterocycles. The van der Waals surface area contributed by atoms with Crippen LogP contribution in [-0.4, -0.2) is 9.55 Å². The van der Waals surface area contributed by atoms with Gasteiger partial charge in [0.05, 0.1) is 0 Å². The second-order valence-electron chi connectivity index (χ2n) is 2.14. The molecule has 0 aromatic carbocycles. The van der Waals surface area contributed by atoms with Crippen molar-refractivity contribution in [2.75, 3.05) is 0 Å². The molecule has 0 aliphatic heterocycles. The summed E-state index contributed by atoms with van der Waals surface area (Å²) in [6, 6.07) is 1.82. The molecule has 0 aliphatic rings. The van der Waals surface area contributed by atoms with Crippen molar-refractivity contribution in [2.45, 2.75) is 20.4 Å². The van der Waals surface area contributed by atoms with Crippen LogP contribution in [0.25, 0.3) is 0 Å². The minimum Gasteiger partial charge on any atom is -0.299 e. The van der Waals surface area contributed by atoms with Crippen LogP contribution in [0.3, 0.4) is 0 Å². The van der Waals surface area contributed by atoms with Gasteiger partial charge in [-0.15, -0.1) is 0 Å². The Balaban J connectivity index is 3.20. The number of rotatable bonds is 1. The van der Waals surface area contributed by atoms with Crippen LogP contribution in [0.5, 0.6) is 0 Å². The Hall–Kier alpha value is -1.12. The number of hydrogen-bond donors (Lipinski definition) is 0. The van der Waals surface area contributed by atoms with Crippen molar-refractivity contribution >= 4 is 0 Å². The van der Waals surface area contributed by atoms with Gasteiger partial charge in [-0.1, -0.05) is 0 Å². The van der Waals surface area contributed by atoms with Gasteiger partial charge in [-0.05, 0) is 19.9 Å². The number of aromatic nitrogens is 2. The lowest BCUT2D eigenvalue weighted by Crippen LogP contribution is -2.21. The average molecular weight is 138 g/mol. The van der Waals surface area contributed by atoms with Crippen molar-refractivity contribution in [3.63, 3.8) is 0 Å². The largest absolute Gasteiger partial charge is 0.347 e. The van der Waals surface area contributed by atoms with Crippen molar-refractivity contribution in [3.05, 3.63) is 28.4 Å². The third-order valence-corrected chi connectivity index (χ3v) is 1.35. The smallest absolute Gasteiger partial charge is 0.299 e. The van der Waals surface area contributed by atoms with Crippen molar-refractivity contribution < 1.29 is 0 Å². The summed E-state index contributed by atoms with van der Waals surface area (Å²) < 4.78 is 1.56. The predicted octanol–water partition coefficient (Wildman–Crippen LogP) is 0.572. The summed E-state index contributed by atoms with van der Waals surface area (Å²) >= 11 is 0. The maximum absolute atomic E-state index is 10.9. The van der Waals surface area contributed by atoms with Crippen LogP contribution in [0.1, 0.15) is 12.6 Å². The van der Waals surface area contributed by atoms with Crippen LogP contribution in [0.15, 0.2) is 17.1 Å². The van der Waals surface area contributed by atoms with Gasteiger partial charge >= 0.3 is 5.69 Å². The van der Waals surface area contributed by atoms with E-state index in [0.717, 1.165) is 5.69 Å². The maximum atomic E-state index is 10.9. The Bertz CT molecular complexity index is 277. The number of nitrogens with zero attached hydrogens (tertiary/aromatic N) is 2. The zero-order chi connectivity index (χ0) is 7.56. The molecule has 0 unspecified atom stereocenters. The first-order valence-corrected chi connectivity index (χ1v) is 3.28. The first-order chi connectivity index (χ1) is 4.74. The van der Waals surface area contributed by atoms with E-state index in [1.807, 2.05) is 13.0 Å². The molecule has 1 aromatic heterocycles. The lowest BCUT2D eigenvalue weighted by atomic mass is 10.4. The van der Waals surface area contributed by atoms with Crippen molar-refractivity contribution in [2.24, 2.45) is 0 Å². The third-order valence-electron chi connectivity index (χ3n) is 1.35. The SMILES string of the molecule is CCn1ccc(C)nc1=O. The fraction of sp³-hybridized carbons (Fsp3) is 0.429. The molecule has 1 heterocycles. The van der Waals surface area contributed by atoms with Crippen LogP contribution in [0.2, 0.25) is 0 Å². The van der Waals surface area contributed by atoms with Gasteiger partial charge in [0.15, 0.2) is 0 Å². The van der Waals surface area contributed by atoms with Gasteiger partial charge in [0.25, 0.3) is 0 Å². The molecule has 1 aromatic rings. The van der Waals surface area contributed by atoms with E-state index in [-0.39, 0.29) is 5.69 Å². The van der Waals surface area contributed by atoms with Crippen LogP contribution in [0, 0.1) is 6.92 Å². The van der Waals surface area contributed by atoms with Crippen molar-refractivity contribution in [1.29, 1.82) is 0 Å². The van der Waals surface area contributed by atoms with Crippen LogP contribution in [0.4, 0.5) is 0 Å². The van der Waals surface area contributed by atoms with E-state index in [9.17, 15) is 4.79 Å². The summed E-state index contributed by atoms with van der Waals surface area (Å²) in [6.45, 7) is 4.41. The van der Waals surface area contributed by atoms with E-state index in [0.29, 0.717) is 6.54 Å². The minimum absolute atomic E-state index is 0.164. The van der Waals surface area contributed by atoms with Gasteiger partial charge in [-0.25, -0.2) is 4.79 Å². The molecule has 0 N–H and O–H groups in total. The summed E-state index contributed by atoms with van der Waals surface area (Å²) in [7, 11) is 0. The maximum Gasteiger partial charge on any atom is 0.347 e. The Kier molecular flexibility index (Phi) is 1.85. The highest BCUT2D eigenvalue weighted by atomic mass is 16.1. The first-order valence-electron chi connectivity index (χ1n) is 3.28. The van der Waals surface area contributed by atoms with Gasteiger partial charge in [-0.3, -0.25) is 4.57 Å². The van der Waals surface area contributed by atoms with E-state index in [1.165, 1.54) is 0 Å². The Morgan fingerprint density at radius 1 is 1.70 bits per heavy atom. The fourth-order valence-electron chi connectivity index (χ4n) is 0.755. The first kappa shape index (κ1) is 6.99. The summed E-state index contributed by atoms with van der Waals surface area (Å²) in [4.78, 5) is 14.7. The normalized spacial score (nSPS) is 9.80. The lowest BCUT2D eigenvalue weighted by molar-refractivity contribution is 0.693. The van der Waals surface area contributed by atoms with Crippen LogP contribution >= 0.6 is 0 Å². The zero-order valence-corrected chi connectivity index (χ0v) is 6.16. The molecule has 0 fully saturated rings. The number of hydrogen-bond acceptors (Lipinski definition) is 2. The molecule has 54 valence electrons. The summed E-state index contributed by atoms with van der Waals surface area (Å²) in [5.74, 6) is 0. The summed E-state index contributed by atoms with van der Waals surface area (Å²) in [5.41, 5.74) is 0.609. The quantitative estimate of drug-likeness (QED) is 0.568. The molecule has 10 heavy (non-hydrogen) atoms. The van der Waals surface area contributed by atoms with Crippen LogP contribution < -0.4 is 5.69 Å². The minimum atomic E-state index is -0.164. The highest BCUT2D eigenvalue weighted by molar-refractivity contribution is 4.95. The summed E-state index contributed by atoms with van der Waals surface area (Å²) in [5, 5.41) is 0. The lowest BCUT2D eigenvalue weighted by Gasteiger charge is -1.98. The highest BCUT2D eigenvalue weighted by Gasteiger charge is 1.91. The van der Waals surface area contributed by atoms with E-state index < -0.39 is 0 Å². The van der Waals surface area contributed by atoms with Gasteiger partial charge in [0.1, 0.15) is 0 Å². The summed E-state index contributed by atoms with van der Waals surface area (Å²) in [6.07, 6.45) is 1.75. The second-order valence-corrected chi connectivity index (χ2v) is 2.14. The Labute approximate surface area is 59.3 Å². The topological polar surface area (TPSA) is 34.9 Å². The Morgan fingerprint density at radius 2 is 2.40 bits per heavy atom. The standard InChI is InChI=1S/C7H10N2O/c1-3-9-5-4-6(2)8-7(9)10/h4-5H,3H2,1-2H3. The second kappa shape index (κ2) is 2.64. The van der Waals surface area contributed by atoms with E-state index in [1.54, 1.807) is 17.7 Å². The number of aryl methyl sites for hydroxylation is 2. The molecule has 0 spiro atoms. The monoisotopic (exact) mass is 138 g/mol. The van der Waals surface area contributed by atoms with Gasteiger partial charge in [-0.2, -0.15) is 4.98 Å².